The highest BCUT2D eigenvalue weighted by molar-refractivity contribution is 6.33. The largest absolute Gasteiger partial charge is 0.489 e. The first-order valence-electron chi connectivity index (χ1n) is 12.7. The van der Waals surface area contributed by atoms with Gasteiger partial charge in [0.1, 0.15) is 10.8 Å². The quantitative estimate of drug-likeness (QED) is 0.409. The molecule has 184 valence electrons. The Kier molecular flexibility index (Phi) is 7.12. The van der Waals surface area contributed by atoms with Crippen LogP contribution in [0.4, 0.5) is 23.1 Å². The van der Waals surface area contributed by atoms with E-state index in [0.717, 1.165) is 68.3 Å². The van der Waals surface area contributed by atoms with Gasteiger partial charge in [0.05, 0.1) is 18.0 Å². The number of aromatic nitrogens is 2. The number of fused-ring (bicyclic) bond motifs is 1. The molecule has 1 saturated heterocycles. The maximum Gasteiger partial charge on any atom is 0.229 e. The monoisotopic (exact) mass is 491 g/mol. The number of hydrogen-bond donors (Lipinski definition) is 2. The van der Waals surface area contributed by atoms with Gasteiger partial charge in [0, 0.05) is 12.2 Å². The van der Waals surface area contributed by atoms with E-state index in [1.807, 2.05) is 0 Å². The summed E-state index contributed by atoms with van der Waals surface area (Å²) in [6.07, 6.45) is 6.17. The molecule has 6 nitrogen and oxygen atoms in total. The van der Waals surface area contributed by atoms with Crippen LogP contribution in [0.1, 0.15) is 55.7 Å². The zero-order valence-electron chi connectivity index (χ0n) is 20.8. The molecule has 3 aromatic rings. The standard InChI is InChI=1S/C28H34ClN5O/c1-18(2)35-26-16-22(20-10-12-30-13-11-20)19(3)15-24(26)32-28-31-17-23(29)27(33-28)34-14-6-8-21-7-4-5-9-25(21)34/h4-5,7,9,15-18,20,30H,6,8,10-14H2,1-3H3,(H,31,32,33). The van der Waals surface area contributed by atoms with Crippen molar-refractivity contribution in [1.82, 2.24) is 15.3 Å². The van der Waals surface area contributed by atoms with E-state index < -0.39 is 0 Å². The van der Waals surface area contributed by atoms with Gasteiger partial charge in [-0.25, -0.2) is 4.98 Å². The molecule has 3 heterocycles. The minimum Gasteiger partial charge on any atom is -0.489 e. The van der Waals surface area contributed by atoms with Crippen LogP contribution in [0.5, 0.6) is 5.75 Å². The molecule has 5 rings (SSSR count). The Labute approximate surface area is 213 Å². The summed E-state index contributed by atoms with van der Waals surface area (Å²) in [5.41, 5.74) is 5.99. The molecule has 0 amide bonds. The second kappa shape index (κ2) is 10.4. The Morgan fingerprint density at radius 1 is 1.17 bits per heavy atom. The van der Waals surface area contributed by atoms with Crippen molar-refractivity contribution in [1.29, 1.82) is 0 Å². The van der Waals surface area contributed by atoms with Crippen LogP contribution in [0.2, 0.25) is 5.02 Å². The van der Waals surface area contributed by atoms with Crippen molar-refractivity contribution in [2.45, 2.75) is 58.5 Å². The van der Waals surface area contributed by atoms with Crippen LogP contribution in [0.25, 0.3) is 0 Å². The Morgan fingerprint density at radius 2 is 1.97 bits per heavy atom. The predicted octanol–water partition coefficient (Wildman–Crippen LogP) is 6.52. The molecule has 2 aliphatic heterocycles. The number of piperidine rings is 1. The SMILES string of the molecule is Cc1cc(Nc2ncc(Cl)c(N3CCCc4ccccc43)n2)c(OC(C)C)cc1C1CCNCC1. The molecule has 2 aliphatic rings. The average molecular weight is 492 g/mol. The lowest BCUT2D eigenvalue weighted by molar-refractivity contribution is 0.243. The van der Waals surface area contributed by atoms with E-state index in [0.29, 0.717) is 16.9 Å². The Hall–Kier alpha value is -2.83. The smallest absolute Gasteiger partial charge is 0.229 e. The van der Waals surface area contributed by atoms with Gasteiger partial charge in [0.15, 0.2) is 5.82 Å². The second-order valence-electron chi connectivity index (χ2n) is 9.77. The molecule has 0 radical (unpaired) electrons. The highest BCUT2D eigenvalue weighted by Gasteiger charge is 2.23. The highest BCUT2D eigenvalue weighted by Crippen LogP contribution is 2.39. The summed E-state index contributed by atoms with van der Waals surface area (Å²) in [6.45, 7) is 9.29. The van der Waals surface area contributed by atoms with Gasteiger partial charge < -0.3 is 20.3 Å². The van der Waals surface area contributed by atoms with Crippen LogP contribution < -0.4 is 20.3 Å². The molecule has 35 heavy (non-hydrogen) atoms. The molecule has 0 bridgehead atoms. The van der Waals surface area contributed by atoms with Crippen molar-refractivity contribution in [2.24, 2.45) is 0 Å². The number of ether oxygens (including phenoxy) is 1. The molecule has 2 aromatic carbocycles. The lowest BCUT2D eigenvalue weighted by atomic mass is 9.87. The van der Waals surface area contributed by atoms with Gasteiger partial charge in [0.25, 0.3) is 0 Å². The van der Waals surface area contributed by atoms with Crippen LogP contribution in [-0.4, -0.2) is 35.7 Å². The number of rotatable bonds is 6. The summed E-state index contributed by atoms with van der Waals surface area (Å²) in [4.78, 5) is 11.6. The molecule has 0 atom stereocenters. The first kappa shape index (κ1) is 23.9. The van der Waals surface area contributed by atoms with Crippen molar-refractivity contribution in [2.75, 3.05) is 29.9 Å². The third kappa shape index (κ3) is 5.24. The van der Waals surface area contributed by atoms with Crippen molar-refractivity contribution in [3.63, 3.8) is 0 Å². The van der Waals surface area contributed by atoms with Crippen LogP contribution in [0, 0.1) is 6.92 Å². The van der Waals surface area contributed by atoms with E-state index in [1.165, 1.54) is 16.7 Å². The predicted molar refractivity (Wildman–Crippen MR) is 144 cm³/mol. The van der Waals surface area contributed by atoms with Gasteiger partial charge in [-0.2, -0.15) is 4.98 Å². The molecular formula is C28H34ClN5O. The van der Waals surface area contributed by atoms with Crippen molar-refractivity contribution in [3.05, 3.63) is 64.3 Å². The summed E-state index contributed by atoms with van der Waals surface area (Å²) >= 11 is 6.61. The Morgan fingerprint density at radius 3 is 2.77 bits per heavy atom. The molecular weight excluding hydrogens is 458 g/mol. The van der Waals surface area contributed by atoms with Crippen molar-refractivity contribution in [3.8, 4) is 5.75 Å². The third-order valence-corrected chi connectivity index (χ3v) is 7.11. The number of benzene rings is 2. The number of nitrogens with zero attached hydrogens (tertiary/aromatic N) is 3. The Bertz CT molecular complexity index is 1190. The van der Waals surface area contributed by atoms with Crippen molar-refractivity contribution >= 4 is 34.7 Å². The van der Waals surface area contributed by atoms with E-state index in [4.69, 9.17) is 21.3 Å². The van der Waals surface area contributed by atoms with Crippen LogP contribution in [0.3, 0.4) is 0 Å². The van der Waals surface area contributed by atoms with E-state index in [-0.39, 0.29) is 6.10 Å². The summed E-state index contributed by atoms with van der Waals surface area (Å²) in [5, 5.41) is 7.44. The fourth-order valence-corrected chi connectivity index (χ4v) is 5.40. The average Bonchev–Trinajstić information content (AvgIpc) is 2.86. The first-order chi connectivity index (χ1) is 17.0. The van der Waals surface area contributed by atoms with Gasteiger partial charge in [0.2, 0.25) is 5.95 Å². The molecule has 0 spiro atoms. The molecule has 1 aromatic heterocycles. The number of nitrogens with one attached hydrogen (secondary N) is 2. The number of hydrogen-bond acceptors (Lipinski definition) is 6. The van der Waals surface area contributed by atoms with Crippen LogP contribution in [-0.2, 0) is 6.42 Å². The number of halogens is 1. The Balaban J connectivity index is 1.48. The third-order valence-electron chi connectivity index (χ3n) is 6.85. The molecule has 0 saturated carbocycles. The zero-order valence-corrected chi connectivity index (χ0v) is 21.5. The molecule has 0 aliphatic carbocycles. The normalized spacial score (nSPS) is 16.3. The summed E-state index contributed by atoms with van der Waals surface area (Å²) in [6, 6.07) is 12.8. The van der Waals surface area contributed by atoms with Gasteiger partial charge >= 0.3 is 0 Å². The van der Waals surface area contributed by atoms with E-state index in [9.17, 15) is 0 Å². The molecule has 2 N–H and O–H groups in total. The van der Waals surface area contributed by atoms with Crippen molar-refractivity contribution < 1.29 is 4.74 Å². The molecule has 1 fully saturated rings. The van der Waals surface area contributed by atoms with E-state index in [1.54, 1.807) is 6.20 Å². The van der Waals surface area contributed by atoms with Gasteiger partial charge in [-0.15, -0.1) is 0 Å². The number of anilines is 4. The van der Waals surface area contributed by atoms with E-state index >= 15 is 0 Å². The summed E-state index contributed by atoms with van der Waals surface area (Å²) in [7, 11) is 0. The fraction of sp³-hybridized carbons (Fsp3) is 0.429. The lowest BCUT2D eigenvalue weighted by Crippen LogP contribution is -2.27. The van der Waals surface area contributed by atoms with E-state index in [2.05, 4.69) is 77.7 Å². The zero-order chi connectivity index (χ0) is 24.4. The molecule has 7 heteroatoms. The fourth-order valence-electron chi connectivity index (χ4n) is 5.21. The van der Waals surface area contributed by atoms with Gasteiger partial charge in [-0.05, 0) is 100 Å². The van der Waals surface area contributed by atoms with Gasteiger partial charge in [-0.3, -0.25) is 0 Å². The number of aryl methyl sites for hydroxylation is 2. The second-order valence-corrected chi connectivity index (χ2v) is 10.2. The van der Waals surface area contributed by atoms with Crippen LogP contribution in [0.15, 0.2) is 42.6 Å². The summed E-state index contributed by atoms with van der Waals surface area (Å²) < 4.78 is 6.25. The topological polar surface area (TPSA) is 62.3 Å². The molecule has 0 unspecified atom stereocenters. The summed E-state index contributed by atoms with van der Waals surface area (Å²) in [5.74, 6) is 2.63. The van der Waals surface area contributed by atoms with Gasteiger partial charge in [-0.1, -0.05) is 29.8 Å². The highest BCUT2D eigenvalue weighted by atomic mass is 35.5. The maximum atomic E-state index is 6.61. The van der Waals surface area contributed by atoms with Crippen LogP contribution >= 0.6 is 11.6 Å². The number of para-hydroxylation sites is 1. The minimum absolute atomic E-state index is 0.0608. The maximum absolute atomic E-state index is 6.61. The minimum atomic E-state index is 0.0608. The lowest BCUT2D eigenvalue weighted by Gasteiger charge is -2.31. The first-order valence-corrected chi connectivity index (χ1v) is 13.0.